The van der Waals surface area contributed by atoms with Crippen molar-refractivity contribution in [2.75, 3.05) is 18.5 Å². The lowest BCUT2D eigenvalue weighted by atomic mass is 9.91. The van der Waals surface area contributed by atoms with Crippen molar-refractivity contribution in [1.82, 2.24) is 4.72 Å². The molecule has 9 heteroatoms. The van der Waals surface area contributed by atoms with Gasteiger partial charge in [-0.3, -0.25) is 0 Å². The van der Waals surface area contributed by atoms with Gasteiger partial charge < -0.3 is 15.2 Å². The second-order valence-corrected chi connectivity index (χ2v) is 12.1. The molecule has 0 radical (unpaired) electrons. The zero-order chi connectivity index (χ0) is 23.1. The molecule has 1 aliphatic heterocycles. The molecule has 0 bridgehead atoms. The number of rotatable bonds is 8. The number of hydrogen-bond acceptors (Lipinski definition) is 6. The molecule has 174 valence electrons. The Labute approximate surface area is 194 Å². The molecule has 1 saturated heterocycles. The van der Waals surface area contributed by atoms with Gasteiger partial charge in [-0.15, -0.1) is 0 Å². The first-order valence-electron chi connectivity index (χ1n) is 11.0. The topological polar surface area (TPSA) is 112 Å². The molecule has 3 aliphatic rings. The number of aliphatic hydroxyl groups is 1. The van der Waals surface area contributed by atoms with Crippen LogP contribution >= 0.6 is 11.8 Å². The third-order valence-electron chi connectivity index (χ3n) is 6.56. The van der Waals surface area contributed by atoms with Crippen LogP contribution in [0.1, 0.15) is 55.7 Å². The van der Waals surface area contributed by atoms with E-state index in [9.17, 15) is 14.1 Å². The Morgan fingerprint density at radius 3 is 2.72 bits per heavy atom. The van der Waals surface area contributed by atoms with Gasteiger partial charge in [-0.25, -0.2) is 18.5 Å². The summed E-state index contributed by atoms with van der Waals surface area (Å²) in [7, 11) is -3.67. The summed E-state index contributed by atoms with van der Waals surface area (Å²) in [6, 6.07) is 3.60. The summed E-state index contributed by atoms with van der Waals surface area (Å²) in [6.07, 6.45) is 7.03. The average molecular weight is 478 g/mol. The quantitative estimate of drug-likeness (QED) is 0.436. The first-order valence-corrected chi connectivity index (χ1v) is 13.4. The summed E-state index contributed by atoms with van der Waals surface area (Å²) >= 11 is 0.954. The van der Waals surface area contributed by atoms with Crippen LogP contribution in [-0.4, -0.2) is 34.2 Å². The third kappa shape index (κ3) is 4.62. The SMILES string of the molecule is C=C(S/C(=C\C)C1(O)COC1)S(=N)(=O)NC(=O)Nc1c([C@@H](C)C2CC2)ccc2c1CCC2. The van der Waals surface area contributed by atoms with Gasteiger partial charge in [0.05, 0.1) is 17.5 Å². The van der Waals surface area contributed by atoms with E-state index in [0.29, 0.717) is 16.7 Å². The molecule has 1 unspecified atom stereocenters. The molecule has 4 N–H and O–H groups in total. The summed E-state index contributed by atoms with van der Waals surface area (Å²) in [4.78, 5) is 13.4. The maximum absolute atomic E-state index is 13.0. The smallest absolute Gasteiger partial charge is 0.331 e. The number of anilines is 1. The minimum absolute atomic E-state index is 0.0362. The zero-order valence-corrected chi connectivity index (χ0v) is 20.2. The van der Waals surface area contributed by atoms with E-state index in [2.05, 4.69) is 35.7 Å². The summed E-state index contributed by atoms with van der Waals surface area (Å²) in [5, 5.41) is 13.4. The highest BCUT2D eigenvalue weighted by Crippen LogP contribution is 2.46. The minimum atomic E-state index is -3.67. The van der Waals surface area contributed by atoms with Crippen molar-refractivity contribution in [3.05, 3.63) is 50.6 Å². The number of amides is 2. The Hall–Kier alpha value is -1.81. The normalized spacial score (nSPS) is 22.3. The number of allylic oxidation sites excluding steroid dienone is 1. The Bertz CT molecular complexity index is 1070. The van der Waals surface area contributed by atoms with Crippen LogP contribution in [0.5, 0.6) is 0 Å². The fourth-order valence-electron chi connectivity index (χ4n) is 4.43. The molecule has 4 rings (SSSR count). The van der Waals surface area contributed by atoms with Gasteiger partial charge in [0.25, 0.3) is 0 Å². The van der Waals surface area contributed by atoms with E-state index >= 15 is 0 Å². The maximum atomic E-state index is 13.0. The minimum Gasteiger partial charge on any atom is -0.380 e. The first kappa shape index (κ1) is 23.4. The van der Waals surface area contributed by atoms with Crippen molar-refractivity contribution in [1.29, 1.82) is 4.78 Å². The predicted molar refractivity (Wildman–Crippen MR) is 129 cm³/mol. The van der Waals surface area contributed by atoms with E-state index in [-0.39, 0.29) is 17.5 Å². The van der Waals surface area contributed by atoms with Gasteiger partial charge in [0.15, 0.2) is 9.92 Å². The van der Waals surface area contributed by atoms with Crippen molar-refractivity contribution < 1.29 is 18.8 Å². The fourth-order valence-corrected chi connectivity index (χ4v) is 6.39. The maximum Gasteiger partial charge on any atom is 0.331 e. The van der Waals surface area contributed by atoms with Crippen molar-refractivity contribution in [2.45, 2.75) is 57.5 Å². The van der Waals surface area contributed by atoms with Crippen LogP contribution in [0, 0.1) is 10.7 Å². The van der Waals surface area contributed by atoms with Crippen LogP contribution in [0.4, 0.5) is 10.5 Å². The molecular formula is C23H31N3O4S2. The second kappa shape index (κ2) is 8.85. The molecule has 1 saturated carbocycles. The standard InChI is InChI=1S/C23H31N3O4S2/c1-4-20(23(28)12-30-13-23)31-15(3)32(24,29)26-22(27)25-21-18(14(2)16-8-9-16)11-10-17-6-5-7-19(17)21/h4,10-11,14,16,28H,3,5-9,12-13H2,1-2H3,(H3,24,25,26,27,29)/b20-4-/t14-,32?/m0/s1. The summed E-state index contributed by atoms with van der Waals surface area (Å²) < 4.78 is 28.6. The number of benzene rings is 1. The Balaban J connectivity index is 1.48. The number of fused-ring (bicyclic) bond motifs is 1. The van der Waals surface area contributed by atoms with E-state index in [0.717, 1.165) is 47.8 Å². The van der Waals surface area contributed by atoms with E-state index in [4.69, 9.17) is 9.52 Å². The van der Waals surface area contributed by atoms with Gasteiger partial charge in [0.2, 0.25) is 0 Å². The number of urea groups is 1. The molecule has 2 atom stereocenters. The molecule has 1 aromatic rings. The summed E-state index contributed by atoms with van der Waals surface area (Å²) in [5.41, 5.74) is 3.15. The van der Waals surface area contributed by atoms with Crippen molar-refractivity contribution in [3.63, 3.8) is 0 Å². The third-order valence-corrected chi connectivity index (χ3v) is 9.69. The average Bonchev–Trinajstić information content (AvgIpc) is 3.46. The second-order valence-electron chi connectivity index (χ2n) is 8.91. The van der Waals surface area contributed by atoms with E-state index in [1.165, 1.54) is 18.4 Å². The van der Waals surface area contributed by atoms with E-state index in [1.54, 1.807) is 13.0 Å². The largest absolute Gasteiger partial charge is 0.380 e. The van der Waals surface area contributed by atoms with Gasteiger partial charge >= 0.3 is 6.03 Å². The Morgan fingerprint density at radius 2 is 2.12 bits per heavy atom. The number of ether oxygens (including phenoxy) is 1. The molecule has 2 aliphatic carbocycles. The summed E-state index contributed by atoms with van der Waals surface area (Å²) in [6.45, 7) is 7.96. The van der Waals surface area contributed by atoms with Gasteiger partial charge in [-0.1, -0.05) is 43.5 Å². The zero-order valence-electron chi connectivity index (χ0n) is 18.5. The molecule has 32 heavy (non-hydrogen) atoms. The van der Waals surface area contributed by atoms with Gasteiger partial charge in [0.1, 0.15) is 5.60 Å². The molecule has 0 aromatic heterocycles. The highest BCUT2D eigenvalue weighted by atomic mass is 32.3. The van der Waals surface area contributed by atoms with Crippen molar-refractivity contribution in [3.8, 4) is 0 Å². The fraction of sp³-hybridized carbons (Fsp3) is 0.522. The van der Waals surface area contributed by atoms with E-state index < -0.39 is 21.5 Å². The van der Waals surface area contributed by atoms with Gasteiger partial charge in [0, 0.05) is 10.6 Å². The van der Waals surface area contributed by atoms with Crippen molar-refractivity contribution in [2.24, 2.45) is 5.92 Å². The number of carbonyl (C=O) groups excluding carboxylic acids is 1. The van der Waals surface area contributed by atoms with Crippen molar-refractivity contribution >= 4 is 33.4 Å². The number of carbonyl (C=O) groups is 1. The van der Waals surface area contributed by atoms with Crippen LogP contribution < -0.4 is 10.0 Å². The lowest BCUT2D eigenvalue weighted by molar-refractivity contribution is -0.149. The highest BCUT2D eigenvalue weighted by molar-refractivity contribution is 8.20. The molecule has 2 fully saturated rings. The number of thioether (sulfide) groups is 1. The van der Waals surface area contributed by atoms with E-state index in [1.807, 2.05) is 0 Å². The Morgan fingerprint density at radius 1 is 1.41 bits per heavy atom. The molecule has 7 nitrogen and oxygen atoms in total. The molecule has 1 heterocycles. The number of nitrogens with one attached hydrogen (secondary N) is 3. The van der Waals surface area contributed by atoms with Crippen LogP contribution in [0.3, 0.4) is 0 Å². The molecule has 2 amide bonds. The summed E-state index contributed by atoms with van der Waals surface area (Å²) in [5.74, 6) is 0.972. The number of hydrogen-bond donors (Lipinski definition) is 4. The molecular weight excluding hydrogens is 446 g/mol. The highest BCUT2D eigenvalue weighted by Gasteiger charge is 2.41. The van der Waals surface area contributed by atoms with Gasteiger partial charge in [-0.2, -0.15) is 0 Å². The lowest BCUT2D eigenvalue weighted by Crippen LogP contribution is -2.50. The van der Waals surface area contributed by atoms with Crippen LogP contribution in [0.15, 0.2) is 33.9 Å². The van der Waals surface area contributed by atoms with Crippen LogP contribution in [-0.2, 0) is 27.5 Å². The molecule has 0 spiro atoms. The van der Waals surface area contributed by atoms with Crippen LogP contribution in [0.2, 0.25) is 0 Å². The van der Waals surface area contributed by atoms with Crippen LogP contribution in [0.25, 0.3) is 0 Å². The Kier molecular flexibility index (Phi) is 6.46. The monoisotopic (exact) mass is 477 g/mol. The number of aryl methyl sites for hydroxylation is 1. The van der Waals surface area contributed by atoms with Gasteiger partial charge in [-0.05, 0) is 67.6 Å². The first-order chi connectivity index (χ1) is 15.1. The molecule has 1 aromatic carbocycles. The predicted octanol–water partition coefficient (Wildman–Crippen LogP) is 4.64. The lowest BCUT2D eigenvalue weighted by Gasteiger charge is -2.38.